The molecule has 2 fully saturated rings. The summed E-state index contributed by atoms with van der Waals surface area (Å²) in [6.07, 6.45) is 9.13. The molecule has 3 aliphatic rings. The molecule has 12 heteroatoms. The predicted octanol–water partition coefficient (Wildman–Crippen LogP) is 7.65. The van der Waals surface area contributed by atoms with E-state index in [9.17, 15) is 14.9 Å². The van der Waals surface area contributed by atoms with Gasteiger partial charge in [0.25, 0.3) is 0 Å². The van der Waals surface area contributed by atoms with Crippen molar-refractivity contribution in [2.24, 2.45) is 5.92 Å². The lowest BCUT2D eigenvalue weighted by Crippen LogP contribution is -2.55. The van der Waals surface area contributed by atoms with Crippen molar-refractivity contribution >= 4 is 41.1 Å². The second kappa shape index (κ2) is 15.7. The Balaban J connectivity index is 1.10. The number of carbonyl (C=O) groups excluding carboxylic acids is 2. The van der Waals surface area contributed by atoms with Crippen LogP contribution in [0.5, 0.6) is 0 Å². The summed E-state index contributed by atoms with van der Waals surface area (Å²) < 4.78 is 7.75. The van der Waals surface area contributed by atoms with Gasteiger partial charge in [0.05, 0.1) is 23.4 Å². The Morgan fingerprint density at radius 3 is 2.37 bits per heavy atom. The third-order valence-electron chi connectivity index (χ3n) is 10.6. The smallest absolute Gasteiger partial charge is 0.410 e. The second-order valence-corrected chi connectivity index (χ2v) is 15.8. The molecule has 4 heterocycles. The van der Waals surface area contributed by atoms with Crippen LogP contribution in [-0.4, -0.2) is 92.8 Å². The number of likely N-dealkylation sites (tertiary alicyclic amines) is 1. The van der Waals surface area contributed by atoms with E-state index in [1.165, 1.54) is 0 Å². The molecule has 0 radical (unpaired) electrons. The summed E-state index contributed by atoms with van der Waals surface area (Å²) >= 11 is 6.65. The number of urea groups is 1. The average molecular weight is 747 g/mol. The Bertz CT molecular complexity index is 2070. The van der Waals surface area contributed by atoms with Crippen molar-refractivity contribution in [2.75, 3.05) is 50.7 Å². The van der Waals surface area contributed by atoms with Crippen molar-refractivity contribution in [2.45, 2.75) is 58.7 Å². The third kappa shape index (κ3) is 8.15. The number of imidazole rings is 1. The minimum absolute atomic E-state index is 0.0554. The van der Waals surface area contributed by atoms with E-state index in [0.29, 0.717) is 62.9 Å². The van der Waals surface area contributed by atoms with Crippen LogP contribution in [0.1, 0.15) is 73.4 Å². The number of nitrogens with zero attached hydrogens (tertiary/aromatic N) is 8. The third-order valence-corrected chi connectivity index (χ3v) is 10.8. The number of pyridine rings is 1. The first-order chi connectivity index (χ1) is 26.0. The minimum Gasteiger partial charge on any atom is -0.444 e. The highest BCUT2D eigenvalue weighted by atomic mass is 35.5. The average Bonchev–Trinajstić information content (AvgIpc) is 3.52. The first kappa shape index (κ1) is 37.1. The highest BCUT2D eigenvalue weighted by Crippen LogP contribution is 2.41. The molecule has 3 amide bonds. The highest BCUT2D eigenvalue weighted by Gasteiger charge is 2.36. The number of hydrogen-bond donors (Lipinski definition) is 0. The number of aromatic nitrogens is 3. The lowest BCUT2D eigenvalue weighted by molar-refractivity contribution is 0.0186. The van der Waals surface area contributed by atoms with Crippen LogP contribution in [0.4, 0.5) is 15.3 Å². The van der Waals surface area contributed by atoms with Crippen molar-refractivity contribution in [1.82, 2.24) is 29.2 Å². The van der Waals surface area contributed by atoms with Crippen LogP contribution in [0, 0.1) is 24.2 Å². The number of allylic oxidation sites excluding steroid dienone is 1. The van der Waals surface area contributed by atoms with E-state index in [-0.39, 0.29) is 24.1 Å². The van der Waals surface area contributed by atoms with Crippen molar-refractivity contribution in [3.63, 3.8) is 0 Å². The van der Waals surface area contributed by atoms with Gasteiger partial charge in [-0.1, -0.05) is 23.7 Å². The number of aryl methyl sites for hydroxylation is 1. The quantitative estimate of drug-likeness (QED) is 0.199. The van der Waals surface area contributed by atoms with Crippen molar-refractivity contribution in [1.29, 1.82) is 5.26 Å². The van der Waals surface area contributed by atoms with E-state index >= 15 is 0 Å². The number of carbonyl (C=O) groups is 2. The number of rotatable bonds is 6. The summed E-state index contributed by atoms with van der Waals surface area (Å²) in [5.74, 6) is 1.14. The number of nitriles is 1. The Morgan fingerprint density at radius 2 is 1.70 bits per heavy atom. The summed E-state index contributed by atoms with van der Waals surface area (Å²) in [7, 11) is 0. The monoisotopic (exact) mass is 746 g/mol. The zero-order chi connectivity index (χ0) is 38.0. The van der Waals surface area contributed by atoms with Crippen LogP contribution in [0.2, 0.25) is 5.02 Å². The normalized spacial score (nSPS) is 17.9. The van der Waals surface area contributed by atoms with Gasteiger partial charge in [-0.15, -0.1) is 0 Å². The van der Waals surface area contributed by atoms with E-state index in [0.717, 1.165) is 52.3 Å². The molecule has 0 saturated carbocycles. The standard InChI is InChI=1S/C42H47ClN8O3/c1-29-45-16-19-50(29)28-33-24-32-6-5-15-46-38(32)39(36-12-9-34(43)25-37(33)36)47-20-22-48(23-21-47)40(52)51(35-10-7-30(26-44)8-11-35)27-31-13-17-49(18-14-31)41(53)54-42(2,3)4/h5-12,15-16,19,24-25,31,39H,13-14,17-18,20-23,27-28H2,1-4H3. The lowest BCUT2D eigenvalue weighted by Gasteiger charge is -2.42. The van der Waals surface area contributed by atoms with Crippen LogP contribution < -0.4 is 4.90 Å². The van der Waals surface area contributed by atoms with Gasteiger partial charge in [-0.05, 0) is 117 Å². The van der Waals surface area contributed by atoms with Gasteiger partial charge in [0, 0.05) is 81.7 Å². The molecule has 7 rings (SSSR count). The van der Waals surface area contributed by atoms with E-state index in [1.807, 2.05) is 80.4 Å². The highest BCUT2D eigenvalue weighted by molar-refractivity contribution is 6.30. The summed E-state index contributed by atoms with van der Waals surface area (Å²) in [4.78, 5) is 44.6. The van der Waals surface area contributed by atoms with E-state index in [4.69, 9.17) is 21.3 Å². The molecule has 2 aromatic carbocycles. The first-order valence-corrected chi connectivity index (χ1v) is 19.1. The second-order valence-electron chi connectivity index (χ2n) is 15.4. The molecule has 1 atom stereocenters. The topological polar surface area (TPSA) is 111 Å². The zero-order valence-electron chi connectivity index (χ0n) is 31.4. The summed E-state index contributed by atoms with van der Waals surface area (Å²) in [6.45, 7) is 12.3. The Labute approximate surface area is 322 Å². The number of hydrogen-bond acceptors (Lipinski definition) is 7. The van der Waals surface area contributed by atoms with Crippen LogP contribution in [0.15, 0.2) is 73.2 Å². The van der Waals surface area contributed by atoms with Crippen LogP contribution in [-0.2, 0) is 11.3 Å². The number of anilines is 1. The van der Waals surface area contributed by atoms with Crippen LogP contribution in [0.25, 0.3) is 11.6 Å². The number of fused-ring (bicyclic) bond motifs is 2. The minimum atomic E-state index is -0.552. The van der Waals surface area contributed by atoms with Gasteiger partial charge in [-0.25, -0.2) is 14.6 Å². The lowest BCUT2D eigenvalue weighted by atomic mass is 9.93. The molecule has 1 unspecified atom stereocenters. The van der Waals surface area contributed by atoms with Crippen molar-refractivity contribution in [3.05, 3.63) is 112 Å². The summed E-state index contributed by atoms with van der Waals surface area (Å²) in [5.41, 5.74) is 6.15. The van der Waals surface area contributed by atoms with Gasteiger partial charge < -0.3 is 19.1 Å². The fourth-order valence-corrected chi connectivity index (χ4v) is 7.90. The molecule has 0 spiro atoms. The molecule has 2 aliphatic heterocycles. The van der Waals surface area contributed by atoms with Gasteiger partial charge >= 0.3 is 12.1 Å². The molecule has 0 N–H and O–H groups in total. The fraction of sp³-hybridized carbons (Fsp3) is 0.405. The number of ether oxygens (including phenoxy) is 1. The molecular weight excluding hydrogens is 700 g/mol. The number of benzene rings is 2. The molecule has 2 aromatic heterocycles. The number of piperidine rings is 1. The maximum absolute atomic E-state index is 14.5. The summed E-state index contributed by atoms with van der Waals surface area (Å²) in [6, 6.07) is 19.5. The molecule has 2 saturated heterocycles. The van der Waals surface area contributed by atoms with Crippen LogP contribution in [0.3, 0.4) is 0 Å². The molecule has 11 nitrogen and oxygen atoms in total. The van der Waals surface area contributed by atoms with E-state index < -0.39 is 5.60 Å². The van der Waals surface area contributed by atoms with Gasteiger partial charge in [-0.3, -0.25) is 14.8 Å². The number of piperazine rings is 1. The van der Waals surface area contributed by atoms with E-state index in [2.05, 4.69) is 44.8 Å². The fourth-order valence-electron chi connectivity index (χ4n) is 7.73. The van der Waals surface area contributed by atoms with Gasteiger partial charge in [-0.2, -0.15) is 5.26 Å². The Kier molecular flexibility index (Phi) is 10.8. The predicted molar refractivity (Wildman–Crippen MR) is 210 cm³/mol. The molecule has 280 valence electrons. The Hall–Kier alpha value is -5.18. The number of halogens is 1. The molecule has 0 bridgehead atoms. The maximum atomic E-state index is 14.5. The molecule has 4 aromatic rings. The van der Waals surface area contributed by atoms with Crippen molar-refractivity contribution < 1.29 is 14.3 Å². The largest absolute Gasteiger partial charge is 0.444 e. The van der Waals surface area contributed by atoms with Gasteiger partial charge in [0.1, 0.15) is 11.4 Å². The maximum Gasteiger partial charge on any atom is 0.410 e. The van der Waals surface area contributed by atoms with Crippen molar-refractivity contribution in [3.8, 4) is 6.07 Å². The zero-order valence-corrected chi connectivity index (χ0v) is 32.2. The van der Waals surface area contributed by atoms with Gasteiger partial charge in [0.15, 0.2) is 0 Å². The SMILES string of the molecule is Cc1nccn1CC1=Cc2cccnc2C(N2CCN(C(=O)N(CC3CCN(C(=O)OC(C)(C)C)CC3)c3ccc(C#N)cc3)CC2)c2ccc(Cl)cc21. The first-order valence-electron chi connectivity index (χ1n) is 18.7. The molecule has 1 aliphatic carbocycles. The molecule has 54 heavy (non-hydrogen) atoms. The summed E-state index contributed by atoms with van der Waals surface area (Å²) in [5, 5.41) is 10.1. The number of amides is 3. The molecular formula is C42H47ClN8O3. The Morgan fingerprint density at radius 1 is 0.963 bits per heavy atom. The van der Waals surface area contributed by atoms with Crippen LogP contribution >= 0.6 is 11.6 Å². The van der Waals surface area contributed by atoms with E-state index in [1.54, 1.807) is 17.0 Å². The van der Waals surface area contributed by atoms with Gasteiger partial charge in [0.2, 0.25) is 0 Å².